The van der Waals surface area contributed by atoms with Crippen LogP contribution in [-0.2, 0) is 4.79 Å². The van der Waals surface area contributed by atoms with Gasteiger partial charge in [0.25, 0.3) is 5.56 Å². The summed E-state index contributed by atoms with van der Waals surface area (Å²) in [7, 11) is 0. The van der Waals surface area contributed by atoms with Crippen LogP contribution in [0.25, 0.3) is 10.9 Å². The summed E-state index contributed by atoms with van der Waals surface area (Å²) in [5, 5.41) is 10.3. The first-order valence-corrected chi connectivity index (χ1v) is 12.4. The lowest BCUT2D eigenvalue weighted by Gasteiger charge is -2.23. The van der Waals surface area contributed by atoms with Crippen LogP contribution in [0.4, 0.5) is 5.69 Å². The Morgan fingerprint density at radius 1 is 1.18 bits per heavy atom. The zero-order chi connectivity index (χ0) is 23.4. The molecular weight excluding hydrogens is 432 g/mol. The summed E-state index contributed by atoms with van der Waals surface area (Å²) in [5.41, 5.74) is 3.56. The average molecular weight is 461 g/mol. The smallest absolute Gasteiger partial charge is 0.262 e. The molecule has 33 heavy (non-hydrogen) atoms. The number of para-hydroxylation sites is 1. The Bertz CT molecular complexity index is 1250. The Kier molecular flexibility index (Phi) is 7.14. The number of aromatic nitrogens is 2. The van der Waals surface area contributed by atoms with E-state index in [1.54, 1.807) is 4.90 Å². The number of carbonyl (C=O) groups is 1. The van der Waals surface area contributed by atoms with E-state index in [9.17, 15) is 9.59 Å². The van der Waals surface area contributed by atoms with Gasteiger partial charge in [-0.25, -0.2) is 4.98 Å². The molecule has 1 amide bonds. The predicted molar refractivity (Wildman–Crippen MR) is 133 cm³/mol. The minimum Gasteiger partial charge on any atom is -0.311 e. The fraction of sp³-hybridized carbons (Fsp3) is 0.385. The number of fused-ring (bicyclic) bond motifs is 1. The van der Waals surface area contributed by atoms with Crippen molar-refractivity contribution in [3.63, 3.8) is 0 Å². The highest BCUT2D eigenvalue weighted by Crippen LogP contribution is 2.32. The zero-order valence-corrected chi connectivity index (χ0v) is 19.9. The van der Waals surface area contributed by atoms with Gasteiger partial charge in [-0.3, -0.25) is 14.2 Å². The van der Waals surface area contributed by atoms with Gasteiger partial charge in [-0.05, 0) is 62.1 Å². The van der Waals surface area contributed by atoms with Gasteiger partial charge in [0.15, 0.2) is 5.16 Å². The number of hydrogen-bond donors (Lipinski definition) is 0. The van der Waals surface area contributed by atoms with Gasteiger partial charge in [-0.15, -0.1) is 0 Å². The summed E-state index contributed by atoms with van der Waals surface area (Å²) in [4.78, 5) is 33.1. The van der Waals surface area contributed by atoms with E-state index >= 15 is 0 Å². The molecule has 1 aliphatic carbocycles. The van der Waals surface area contributed by atoms with E-state index < -0.39 is 0 Å². The predicted octanol–water partition coefficient (Wildman–Crippen LogP) is 5.17. The average Bonchev–Trinajstić information content (AvgIpc) is 3.32. The zero-order valence-electron chi connectivity index (χ0n) is 19.1. The molecule has 1 saturated carbocycles. The molecule has 4 rings (SSSR count). The van der Waals surface area contributed by atoms with Gasteiger partial charge in [-0.2, -0.15) is 5.26 Å². The van der Waals surface area contributed by atoms with Crippen molar-refractivity contribution in [2.75, 3.05) is 17.2 Å². The third-order valence-electron chi connectivity index (χ3n) is 6.06. The molecule has 0 unspecified atom stereocenters. The Labute approximate surface area is 198 Å². The lowest BCUT2D eigenvalue weighted by Crippen LogP contribution is -2.34. The molecule has 7 heteroatoms. The van der Waals surface area contributed by atoms with Gasteiger partial charge in [0.2, 0.25) is 5.91 Å². The van der Waals surface area contributed by atoms with Crippen molar-refractivity contribution >= 4 is 34.3 Å². The fourth-order valence-electron chi connectivity index (χ4n) is 4.58. The molecule has 1 heterocycles. The first kappa shape index (κ1) is 23.1. The van der Waals surface area contributed by atoms with Crippen LogP contribution < -0.4 is 10.5 Å². The summed E-state index contributed by atoms with van der Waals surface area (Å²) in [6, 6.07) is 15.7. The van der Waals surface area contributed by atoms with Crippen molar-refractivity contribution in [1.82, 2.24) is 9.55 Å². The SMILES string of the molecule is Cc1cc(C)cc(N(CCC#N)C(=O)CSc2nc3ccccc3c(=O)n2C2CCCC2)c1. The maximum atomic E-state index is 13.3. The van der Waals surface area contributed by atoms with E-state index in [0.717, 1.165) is 42.5 Å². The molecule has 0 radical (unpaired) electrons. The van der Waals surface area contributed by atoms with Gasteiger partial charge < -0.3 is 4.90 Å². The summed E-state index contributed by atoms with van der Waals surface area (Å²) < 4.78 is 1.81. The molecule has 3 aromatic rings. The number of carbonyl (C=O) groups excluding carboxylic acids is 1. The lowest BCUT2D eigenvalue weighted by atomic mass is 10.1. The first-order chi connectivity index (χ1) is 16.0. The van der Waals surface area contributed by atoms with Crippen LogP contribution in [-0.4, -0.2) is 27.8 Å². The monoisotopic (exact) mass is 460 g/mol. The van der Waals surface area contributed by atoms with Crippen molar-refractivity contribution in [1.29, 1.82) is 5.26 Å². The highest BCUT2D eigenvalue weighted by Gasteiger charge is 2.24. The van der Waals surface area contributed by atoms with Crippen LogP contribution in [0.2, 0.25) is 0 Å². The Hall–Kier alpha value is -3.11. The third-order valence-corrected chi connectivity index (χ3v) is 6.99. The molecule has 0 spiro atoms. The fourth-order valence-corrected chi connectivity index (χ4v) is 5.52. The van der Waals surface area contributed by atoms with Crippen molar-refractivity contribution in [3.8, 4) is 6.07 Å². The van der Waals surface area contributed by atoms with Gasteiger partial charge in [0, 0.05) is 18.3 Å². The Morgan fingerprint density at radius 2 is 1.88 bits per heavy atom. The molecule has 0 atom stereocenters. The lowest BCUT2D eigenvalue weighted by molar-refractivity contribution is -0.116. The number of benzene rings is 2. The molecule has 1 aromatic heterocycles. The summed E-state index contributed by atoms with van der Waals surface area (Å²) in [6.45, 7) is 4.33. The molecule has 2 aromatic carbocycles. The van der Waals surface area contributed by atoms with E-state index in [1.807, 2.05) is 54.8 Å². The molecule has 0 saturated heterocycles. The minimum absolute atomic E-state index is 0.0295. The highest BCUT2D eigenvalue weighted by molar-refractivity contribution is 7.99. The van der Waals surface area contributed by atoms with Crippen molar-refractivity contribution in [3.05, 3.63) is 63.9 Å². The second kappa shape index (κ2) is 10.2. The van der Waals surface area contributed by atoms with Crippen LogP contribution in [0, 0.1) is 25.2 Å². The van der Waals surface area contributed by atoms with Crippen LogP contribution in [0.15, 0.2) is 52.4 Å². The Morgan fingerprint density at radius 3 is 2.58 bits per heavy atom. The number of hydrogen-bond acceptors (Lipinski definition) is 5. The number of anilines is 1. The topological polar surface area (TPSA) is 79.0 Å². The number of rotatable bonds is 7. The first-order valence-electron chi connectivity index (χ1n) is 11.4. The number of aryl methyl sites for hydroxylation is 2. The van der Waals surface area contributed by atoms with E-state index in [1.165, 1.54) is 11.8 Å². The van der Waals surface area contributed by atoms with Crippen molar-refractivity contribution < 1.29 is 4.79 Å². The number of nitriles is 1. The van der Waals surface area contributed by atoms with Gasteiger partial charge >= 0.3 is 0 Å². The molecule has 6 nitrogen and oxygen atoms in total. The highest BCUT2D eigenvalue weighted by atomic mass is 32.2. The molecule has 170 valence electrons. The standard InChI is InChI=1S/C26H28N4O2S/c1-18-14-19(2)16-21(15-18)29(13-7-12-27)24(31)17-33-26-28-23-11-6-5-10-22(23)25(32)30(26)20-8-3-4-9-20/h5-6,10-11,14-16,20H,3-4,7-9,13,17H2,1-2H3. The third kappa shape index (κ3) is 5.12. The summed E-state index contributed by atoms with van der Waals surface area (Å²) in [5.74, 6) is 0.0521. The molecule has 1 fully saturated rings. The maximum Gasteiger partial charge on any atom is 0.262 e. The van der Waals surface area contributed by atoms with Gasteiger partial charge in [0.1, 0.15) is 0 Å². The summed E-state index contributed by atoms with van der Waals surface area (Å²) in [6.07, 6.45) is 4.37. The molecule has 0 aliphatic heterocycles. The quantitative estimate of drug-likeness (QED) is 0.359. The molecule has 1 aliphatic rings. The van der Waals surface area contributed by atoms with Crippen molar-refractivity contribution in [2.24, 2.45) is 0 Å². The van der Waals surface area contributed by atoms with Gasteiger partial charge in [0.05, 0.1) is 29.1 Å². The normalized spacial score (nSPS) is 13.8. The Balaban J connectivity index is 1.64. The molecule has 0 N–H and O–H groups in total. The van der Waals surface area contributed by atoms with E-state index in [0.29, 0.717) is 22.6 Å². The largest absolute Gasteiger partial charge is 0.311 e. The number of thioether (sulfide) groups is 1. The van der Waals surface area contributed by atoms with Gasteiger partial charge in [-0.1, -0.05) is 42.8 Å². The van der Waals surface area contributed by atoms with E-state index in [2.05, 4.69) is 12.1 Å². The summed E-state index contributed by atoms with van der Waals surface area (Å²) >= 11 is 1.31. The number of nitrogens with zero attached hydrogens (tertiary/aromatic N) is 4. The maximum absolute atomic E-state index is 13.3. The van der Waals surface area contributed by atoms with Crippen LogP contribution in [0.3, 0.4) is 0 Å². The van der Waals surface area contributed by atoms with Crippen molar-refractivity contribution in [2.45, 2.75) is 57.1 Å². The van der Waals surface area contributed by atoms with Crippen LogP contribution in [0.1, 0.15) is 49.3 Å². The number of amides is 1. The van der Waals surface area contributed by atoms with E-state index in [4.69, 9.17) is 10.2 Å². The minimum atomic E-state index is -0.0966. The second-order valence-corrected chi connectivity index (χ2v) is 9.56. The van der Waals surface area contributed by atoms with E-state index in [-0.39, 0.29) is 29.7 Å². The van der Waals surface area contributed by atoms with Crippen LogP contribution >= 0.6 is 11.8 Å². The molecule has 0 bridgehead atoms. The second-order valence-electron chi connectivity index (χ2n) is 8.61. The van der Waals surface area contributed by atoms with Crippen LogP contribution in [0.5, 0.6) is 0 Å². The molecular formula is C26H28N4O2S.